The summed E-state index contributed by atoms with van der Waals surface area (Å²) in [6.45, 7) is 0. The molecule has 2 rings (SSSR count). The number of nitrogens with zero attached hydrogens (tertiary/aromatic N) is 1. The third-order valence-electron chi connectivity index (χ3n) is 2.19. The Bertz CT molecular complexity index is 586. The zero-order valence-electron chi connectivity index (χ0n) is 8.45. The van der Waals surface area contributed by atoms with Gasteiger partial charge in [-0.2, -0.15) is 0 Å². The Labute approximate surface area is 101 Å². The van der Waals surface area contributed by atoms with Crippen molar-refractivity contribution in [2.75, 3.05) is 0 Å². The second-order valence-electron chi connectivity index (χ2n) is 3.31. The molecule has 17 heavy (non-hydrogen) atoms. The number of benzene rings is 1. The highest BCUT2D eigenvalue weighted by molar-refractivity contribution is 6.31. The van der Waals surface area contributed by atoms with Gasteiger partial charge in [-0.3, -0.25) is 9.78 Å². The molecular weight excluding hydrogens is 248 g/mol. The van der Waals surface area contributed by atoms with E-state index < -0.39 is 17.4 Å². The van der Waals surface area contributed by atoms with Gasteiger partial charge in [0, 0.05) is 11.2 Å². The largest absolute Gasteiger partial charge is 0.288 e. The van der Waals surface area contributed by atoms with Crippen LogP contribution < -0.4 is 0 Å². The molecule has 86 valence electrons. The van der Waals surface area contributed by atoms with Crippen molar-refractivity contribution in [1.82, 2.24) is 4.98 Å². The van der Waals surface area contributed by atoms with Gasteiger partial charge in [-0.15, -0.1) is 0 Å². The van der Waals surface area contributed by atoms with Crippen LogP contribution in [0.5, 0.6) is 0 Å². The summed E-state index contributed by atoms with van der Waals surface area (Å²) in [5, 5.41) is 0.212. The number of pyridine rings is 1. The Morgan fingerprint density at radius 2 is 1.88 bits per heavy atom. The van der Waals surface area contributed by atoms with E-state index in [4.69, 9.17) is 11.6 Å². The van der Waals surface area contributed by atoms with E-state index in [0.29, 0.717) is 0 Å². The minimum atomic E-state index is -0.795. The van der Waals surface area contributed by atoms with Gasteiger partial charge < -0.3 is 0 Å². The van der Waals surface area contributed by atoms with Crippen molar-refractivity contribution in [2.45, 2.75) is 0 Å². The highest BCUT2D eigenvalue weighted by Crippen LogP contribution is 2.19. The summed E-state index contributed by atoms with van der Waals surface area (Å²) in [7, 11) is 0. The molecule has 0 amide bonds. The standard InChI is InChI=1S/C12H6ClF2NO/c13-7-1-2-10(14)9(5-7)12(17)8-3-4-16-6-11(8)15/h1-6H. The van der Waals surface area contributed by atoms with E-state index in [1.54, 1.807) is 0 Å². The molecule has 0 radical (unpaired) electrons. The van der Waals surface area contributed by atoms with E-state index in [-0.39, 0.29) is 16.1 Å². The van der Waals surface area contributed by atoms with Crippen molar-refractivity contribution in [3.63, 3.8) is 0 Å². The molecule has 0 spiro atoms. The van der Waals surface area contributed by atoms with Crippen LogP contribution in [0.2, 0.25) is 5.02 Å². The van der Waals surface area contributed by atoms with Crippen LogP contribution in [0.4, 0.5) is 8.78 Å². The Morgan fingerprint density at radius 3 is 2.59 bits per heavy atom. The van der Waals surface area contributed by atoms with Crippen LogP contribution in [0.1, 0.15) is 15.9 Å². The van der Waals surface area contributed by atoms with Gasteiger partial charge in [-0.05, 0) is 24.3 Å². The topological polar surface area (TPSA) is 30.0 Å². The van der Waals surface area contributed by atoms with Crippen LogP contribution in [0.15, 0.2) is 36.7 Å². The van der Waals surface area contributed by atoms with Crippen molar-refractivity contribution in [1.29, 1.82) is 0 Å². The van der Waals surface area contributed by atoms with E-state index in [2.05, 4.69) is 4.98 Å². The molecule has 2 aromatic rings. The van der Waals surface area contributed by atoms with Crippen LogP contribution >= 0.6 is 11.6 Å². The molecule has 0 saturated carbocycles. The first-order valence-electron chi connectivity index (χ1n) is 4.69. The van der Waals surface area contributed by atoms with E-state index >= 15 is 0 Å². The molecular formula is C12H6ClF2NO. The van der Waals surface area contributed by atoms with Crippen molar-refractivity contribution < 1.29 is 13.6 Å². The molecule has 0 saturated heterocycles. The number of aromatic nitrogens is 1. The molecule has 0 atom stereocenters. The fourth-order valence-electron chi connectivity index (χ4n) is 1.38. The molecule has 0 bridgehead atoms. The molecule has 5 heteroatoms. The monoisotopic (exact) mass is 253 g/mol. The summed E-state index contributed by atoms with van der Waals surface area (Å²) in [4.78, 5) is 15.4. The van der Waals surface area contributed by atoms with Crippen LogP contribution in [0, 0.1) is 11.6 Å². The first-order chi connectivity index (χ1) is 8.09. The van der Waals surface area contributed by atoms with Crippen molar-refractivity contribution in [3.8, 4) is 0 Å². The second kappa shape index (κ2) is 4.59. The predicted octanol–water partition coefficient (Wildman–Crippen LogP) is 3.24. The zero-order valence-corrected chi connectivity index (χ0v) is 9.21. The third kappa shape index (κ3) is 2.31. The molecule has 1 aromatic carbocycles. The van der Waals surface area contributed by atoms with Crippen molar-refractivity contribution >= 4 is 17.4 Å². The van der Waals surface area contributed by atoms with E-state index in [1.165, 1.54) is 24.4 Å². The van der Waals surface area contributed by atoms with E-state index in [9.17, 15) is 13.6 Å². The maximum Gasteiger partial charge on any atom is 0.199 e. The van der Waals surface area contributed by atoms with Crippen LogP contribution in [0.3, 0.4) is 0 Å². The van der Waals surface area contributed by atoms with Crippen molar-refractivity contribution in [2.24, 2.45) is 0 Å². The van der Waals surface area contributed by atoms with Gasteiger partial charge in [0.1, 0.15) is 5.82 Å². The quantitative estimate of drug-likeness (QED) is 0.769. The number of carbonyl (C=O) groups excluding carboxylic acids is 1. The SMILES string of the molecule is O=C(c1ccncc1F)c1cc(Cl)ccc1F. The summed E-state index contributed by atoms with van der Waals surface area (Å²) in [6.07, 6.45) is 2.16. The van der Waals surface area contributed by atoms with Crippen LogP contribution in [0.25, 0.3) is 0 Å². The molecule has 0 aliphatic rings. The van der Waals surface area contributed by atoms with Gasteiger partial charge in [0.05, 0.1) is 17.3 Å². The molecule has 0 aliphatic carbocycles. The van der Waals surface area contributed by atoms with Gasteiger partial charge >= 0.3 is 0 Å². The fraction of sp³-hybridized carbons (Fsp3) is 0. The Balaban J connectivity index is 2.51. The maximum absolute atomic E-state index is 13.4. The lowest BCUT2D eigenvalue weighted by Crippen LogP contribution is -2.07. The number of rotatable bonds is 2. The molecule has 0 unspecified atom stereocenters. The lowest BCUT2D eigenvalue weighted by molar-refractivity contribution is 0.103. The second-order valence-corrected chi connectivity index (χ2v) is 3.75. The summed E-state index contributed by atoms with van der Waals surface area (Å²) in [5.74, 6) is -2.29. The highest BCUT2D eigenvalue weighted by atomic mass is 35.5. The number of carbonyl (C=O) groups is 1. The summed E-state index contributed by atoms with van der Waals surface area (Å²) < 4.78 is 26.7. The van der Waals surface area contributed by atoms with Crippen molar-refractivity contribution in [3.05, 3.63) is 64.4 Å². The predicted molar refractivity (Wildman–Crippen MR) is 59.0 cm³/mol. The van der Waals surface area contributed by atoms with E-state index in [1.807, 2.05) is 0 Å². The average Bonchev–Trinajstić information content (AvgIpc) is 2.32. The van der Waals surface area contributed by atoms with Crippen LogP contribution in [-0.4, -0.2) is 10.8 Å². The van der Waals surface area contributed by atoms with Gasteiger partial charge in [-0.1, -0.05) is 11.6 Å². The molecule has 1 aromatic heterocycles. The van der Waals surface area contributed by atoms with Gasteiger partial charge in [0.15, 0.2) is 11.6 Å². The highest BCUT2D eigenvalue weighted by Gasteiger charge is 2.17. The molecule has 1 heterocycles. The van der Waals surface area contributed by atoms with Gasteiger partial charge in [-0.25, -0.2) is 8.78 Å². The Kier molecular flexibility index (Phi) is 3.15. The molecule has 2 nitrogen and oxygen atoms in total. The number of ketones is 1. The Hall–Kier alpha value is -1.81. The summed E-state index contributed by atoms with van der Waals surface area (Å²) >= 11 is 5.66. The maximum atomic E-state index is 13.4. The first-order valence-corrected chi connectivity index (χ1v) is 5.06. The number of hydrogen-bond donors (Lipinski definition) is 0. The van der Waals surface area contributed by atoms with Gasteiger partial charge in [0.2, 0.25) is 0 Å². The van der Waals surface area contributed by atoms with Crippen LogP contribution in [-0.2, 0) is 0 Å². The first kappa shape index (κ1) is 11.7. The van der Waals surface area contributed by atoms with E-state index in [0.717, 1.165) is 12.3 Å². The van der Waals surface area contributed by atoms with Gasteiger partial charge in [0.25, 0.3) is 0 Å². The average molecular weight is 254 g/mol. The minimum absolute atomic E-state index is 0.212. The summed E-state index contributed by atoms with van der Waals surface area (Å²) in [6, 6.07) is 4.74. The minimum Gasteiger partial charge on any atom is -0.288 e. The smallest absolute Gasteiger partial charge is 0.199 e. The Morgan fingerprint density at radius 1 is 1.12 bits per heavy atom. The lowest BCUT2D eigenvalue weighted by Gasteiger charge is -2.04. The lowest BCUT2D eigenvalue weighted by atomic mass is 10.0. The molecule has 0 fully saturated rings. The number of hydrogen-bond acceptors (Lipinski definition) is 2. The fourth-order valence-corrected chi connectivity index (χ4v) is 1.55. The zero-order chi connectivity index (χ0) is 12.4. The summed E-state index contributed by atoms with van der Waals surface area (Å²) in [5.41, 5.74) is -0.497. The molecule has 0 aliphatic heterocycles. The number of halogens is 3. The molecule has 0 N–H and O–H groups in total. The normalized spacial score (nSPS) is 10.3. The third-order valence-corrected chi connectivity index (χ3v) is 2.43.